The minimum absolute atomic E-state index is 0.383. The van der Waals surface area contributed by atoms with Crippen LogP contribution < -0.4 is 4.74 Å². The maximum Gasteiger partial charge on any atom is 0.344 e. The quantitative estimate of drug-likeness (QED) is 0.312. The van der Waals surface area contributed by atoms with Crippen LogP contribution in [0.5, 0.6) is 5.88 Å². The Morgan fingerprint density at radius 2 is 1.53 bits per heavy atom. The molecule has 32 heavy (non-hydrogen) atoms. The Labute approximate surface area is 186 Å². The van der Waals surface area contributed by atoms with E-state index in [9.17, 15) is 4.79 Å². The van der Waals surface area contributed by atoms with Crippen LogP contribution in [0.25, 0.3) is 27.7 Å². The molecule has 0 amide bonds. The number of ether oxygens (including phenoxy) is 1. The van der Waals surface area contributed by atoms with E-state index in [2.05, 4.69) is 13.0 Å². The van der Waals surface area contributed by atoms with E-state index in [1.54, 1.807) is 10.7 Å². The molecule has 0 atom stereocenters. The Bertz CT molecular complexity index is 1430. The van der Waals surface area contributed by atoms with Gasteiger partial charge in [-0.2, -0.15) is 9.78 Å². The summed E-state index contributed by atoms with van der Waals surface area (Å²) in [6.45, 7) is 4.08. The SMILES string of the molecule is Cc1ccc(-n2nc(-c3ccccc3)cc2OC(=O)c2ccc3ccccc3c2)c(C)c1. The van der Waals surface area contributed by atoms with E-state index in [4.69, 9.17) is 9.84 Å². The molecule has 156 valence electrons. The van der Waals surface area contributed by atoms with Gasteiger partial charge in [0.2, 0.25) is 5.88 Å². The van der Waals surface area contributed by atoms with Gasteiger partial charge >= 0.3 is 5.97 Å². The summed E-state index contributed by atoms with van der Waals surface area (Å²) >= 11 is 0. The van der Waals surface area contributed by atoms with Crippen molar-refractivity contribution in [3.8, 4) is 22.8 Å². The Morgan fingerprint density at radius 3 is 2.31 bits per heavy atom. The van der Waals surface area contributed by atoms with Crippen molar-refractivity contribution < 1.29 is 9.53 Å². The van der Waals surface area contributed by atoms with E-state index in [1.165, 1.54) is 0 Å². The molecule has 4 heteroatoms. The fourth-order valence-corrected chi connectivity index (χ4v) is 3.87. The first kappa shape index (κ1) is 19.8. The number of nitrogens with zero attached hydrogens (tertiary/aromatic N) is 2. The van der Waals surface area contributed by atoms with Crippen molar-refractivity contribution in [2.45, 2.75) is 13.8 Å². The third-order valence-corrected chi connectivity index (χ3v) is 5.51. The van der Waals surface area contributed by atoms with E-state index in [0.717, 1.165) is 38.8 Å². The number of fused-ring (bicyclic) bond motifs is 1. The lowest BCUT2D eigenvalue weighted by molar-refractivity contribution is 0.0723. The normalized spacial score (nSPS) is 10.9. The number of aryl methyl sites for hydroxylation is 2. The third kappa shape index (κ3) is 3.79. The zero-order valence-corrected chi connectivity index (χ0v) is 17.9. The molecule has 5 aromatic rings. The van der Waals surface area contributed by atoms with Crippen molar-refractivity contribution in [3.63, 3.8) is 0 Å². The molecule has 0 saturated heterocycles. The maximum absolute atomic E-state index is 13.1. The molecule has 0 unspecified atom stereocenters. The van der Waals surface area contributed by atoms with Crippen molar-refractivity contribution >= 4 is 16.7 Å². The lowest BCUT2D eigenvalue weighted by atomic mass is 10.1. The summed E-state index contributed by atoms with van der Waals surface area (Å²) in [5.41, 5.74) is 5.29. The number of esters is 1. The average molecular weight is 418 g/mol. The van der Waals surface area contributed by atoms with Gasteiger partial charge < -0.3 is 4.74 Å². The van der Waals surface area contributed by atoms with Gasteiger partial charge in [-0.05, 0) is 48.4 Å². The van der Waals surface area contributed by atoms with Crippen LogP contribution in [-0.4, -0.2) is 15.7 Å². The molecule has 1 heterocycles. The molecule has 0 bridgehead atoms. The summed E-state index contributed by atoms with van der Waals surface area (Å²) in [6, 6.07) is 31.3. The summed E-state index contributed by atoms with van der Waals surface area (Å²) in [5.74, 6) is -0.0322. The van der Waals surface area contributed by atoms with Gasteiger partial charge in [0.25, 0.3) is 0 Å². The molecule has 0 saturated carbocycles. The van der Waals surface area contributed by atoms with Gasteiger partial charge in [0.05, 0.1) is 16.9 Å². The molecule has 0 spiro atoms. The van der Waals surface area contributed by atoms with Crippen molar-refractivity contribution in [2.24, 2.45) is 0 Å². The lowest BCUT2D eigenvalue weighted by Gasteiger charge is -2.11. The zero-order chi connectivity index (χ0) is 22.1. The van der Waals surface area contributed by atoms with Gasteiger partial charge in [-0.1, -0.05) is 78.4 Å². The second-order valence-corrected chi connectivity index (χ2v) is 7.89. The molecule has 0 aliphatic heterocycles. The molecular formula is C28H22N2O2. The highest BCUT2D eigenvalue weighted by atomic mass is 16.5. The first-order valence-corrected chi connectivity index (χ1v) is 10.5. The Hall–Kier alpha value is -4.18. The van der Waals surface area contributed by atoms with Crippen molar-refractivity contribution in [1.29, 1.82) is 0 Å². The van der Waals surface area contributed by atoms with Crippen molar-refractivity contribution in [1.82, 2.24) is 9.78 Å². The van der Waals surface area contributed by atoms with E-state index in [-0.39, 0.29) is 0 Å². The first-order chi connectivity index (χ1) is 15.6. The number of carbonyl (C=O) groups is 1. The first-order valence-electron chi connectivity index (χ1n) is 10.5. The van der Waals surface area contributed by atoms with Crippen LogP contribution in [0.3, 0.4) is 0 Å². The van der Waals surface area contributed by atoms with Gasteiger partial charge in [0, 0.05) is 11.6 Å². The molecule has 0 aliphatic carbocycles. The van der Waals surface area contributed by atoms with Crippen LogP contribution in [0.15, 0.2) is 97.1 Å². The fourth-order valence-electron chi connectivity index (χ4n) is 3.87. The summed E-state index contributed by atoms with van der Waals surface area (Å²) in [7, 11) is 0. The second kappa shape index (κ2) is 8.16. The predicted molar refractivity (Wildman–Crippen MR) is 127 cm³/mol. The van der Waals surface area contributed by atoms with Gasteiger partial charge in [-0.25, -0.2) is 4.79 Å². The van der Waals surface area contributed by atoms with Gasteiger partial charge in [0.1, 0.15) is 0 Å². The summed E-state index contributed by atoms with van der Waals surface area (Å²) in [4.78, 5) is 13.1. The average Bonchev–Trinajstić information content (AvgIpc) is 3.22. The highest BCUT2D eigenvalue weighted by Gasteiger charge is 2.18. The van der Waals surface area contributed by atoms with Crippen LogP contribution in [0.2, 0.25) is 0 Å². The molecule has 0 N–H and O–H groups in total. The Morgan fingerprint density at radius 1 is 0.781 bits per heavy atom. The molecular weight excluding hydrogens is 396 g/mol. The smallest absolute Gasteiger partial charge is 0.344 e. The van der Waals surface area contributed by atoms with Crippen LogP contribution >= 0.6 is 0 Å². The molecule has 1 aromatic heterocycles. The molecule has 0 radical (unpaired) electrons. The summed E-state index contributed by atoms with van der Waals surface area (Å²) in [6.07, 6.45) is 0. The van der Waals surface area contributed by atoms with Crippen molar-refractivity contribution in [2.75, 3.05) is 0 Å². The standard InChI is InChI=1S/C28H22N2O2/c1-19-12-15-26(20(2)16-19)30-27(18-25(29-30)22-9-4-3-5-10-22)32-28(31)24-14-13-21-8-6-7-11-23(21)17-24/h3-18H,1-2H3. The number of carbonyl (C=O) groups excluding carboxylic acids is 1. The van der Waals surface area contributed by atoms with E-state index < -0.39 is 5.97 Å². The summed E-state index contributed by atoms with van der Waals surface area (Å²) < 4.78 is 7.59. The third-order valence-electron chi connectivity index (χ3n) is 5.51. The number of rotatable bonds is 4. The monoisotopic (exact) mass is 418 g/mol. The number of hydrogen-bond donors (Lipinski definition) is 0. The minimum atomic E-state index is -0.415. The topological polar surface area (TPSA) is 44.1 Å². The molecule has 5 rings (SSSR count). The highest BCUT2D eigenvalue weighted by molar-refractivity contribution is 5.96. The Kier molecular flexibility index (Phi) is 5.04. The zero-order valence-electron chi connectivity index (χ0n) is 17.9. The van der Waals surface area contributed by atoms with Gasteiger partial charge in [0.15, 0.2) is 0 Å². The van der Waals surface area contributed by atoms with E-state index >= 15 is 0 Å². The van der Waals surface area contributed by atoms with Crippen LogP contribution in [0.1, 0.15) is 21.5 Å². The maximum atomic E-state index is 13.1. The molecule has 4 nitrogen and oxygen atoms in total. The lowest BCUT2D eigenvalue weighted by Crippen LogP contribution is -2.12. The predicted octanol–water partition coefficient (Wildman–Crippen LogP) is 6.53. The van der Waals surface area contributed by atoms with Gasteiger partial charge in [-0.15, -0.1) is 0 Å². The van der Waals surface area contributed by atoms with Crippen LogP contribution in [0.4, 0.5) is 0 Å². The number of aromatic nitrogens is 2. The number of hydrogen-bond acceptors (Lipinski definition) is 3. The molecule has 4 aromatic carbocycles. The second-order valence-electron chi connectivity index (χ2n) is 7.89. The van der Waals surface area contributed by atoms with Crippen molar-refractivity contribution in [3.05, 3.63) is 114 Å². The molecule has 0 aliphatic rings. The molecule has 0 fully saturated rings. The fraction of sp³-hybridized carbons (Fsp3) is 0.0714. The number of benzene rings is 4. The summed E-state index contributed by atoms with van der Waals surface area (Å²) in [5, 5.41) is 6.85. The van der Waals surface area contributed by atoms with Crippen LogP contribution in [-0.2, 0) is 0 Å². The van der Waals surface area contributed by atoms with E-state index in [0.29, 0.717) is 11.4 Å². The largest absolute Gasteiger partial charge is 0.404 e. The highest BCUT2D eigenvalue weighted by Crippen LogP contribution is 2.29. The minimum Gasteiger partial charge on any atom is -0.404 e. The van der Waals surface area contributed by atoms with Gasteiger partial charge in [-0.3, -0.25) is 0 Å². The Balaban J connectivity index is 1.56. The van der Waals surface area contributed by atoms with Crippen LogP contribution in [0, 0.1) is 13.8 Å². The van der Waals surface area contributed by atoms with E-state index in [1.807, 2.05) is 91.9 Å².